The van der Waals surface area contributed by atoms with E-state index in [0.29, 0.717) is 50.7 Å². The lowest BCUT2D eigenvalue weighted by atomic mass is 9.73. The van der Waals surface area contributed by atoms with Gasteiger partial charge in [-0.25, -0.2) is 8.78 Å². The van der Waals surface area contributed by atoms with Crippen molar-refractivity contribution in [2.75, 3.05) is 51.2 Å². The lowest BCUT2D eigenvalue weighted by molar-refractivity contribution is -0.138. The zero-order chi connectivity index (χ0) is 30.3. The molecule has 9 heteroatoms. The summed E-state index contributed by atoms with van der Waals surface area (Å²) in [5.74, 6) is -1.73. The summed E-state index contributed by atoms with van der Waals surface area (Å²) in [7, 11) is 1.79. The number of carbonyl (C=O) groups excluding carboxylic acids is 2. The van der Waals surface area contributed by atoms with Gasteiger partial charge in [0, 0.05) is 81.0 Å². The number of aryl methyl sites for hydroxylation is 1. The number of allylic oxidation sites excluding steroid dienone is 5. The van der Waals surface area contributed by atoms with Crippen molar-refractivity contribution in [2.45, 2.75) is 59.5 Å². The Balaban J connectivity index is 1.58. The highest BCUT2D eigenvalue weighted by Crippen LogP contribution is 2.46. The topological polar surface area (TPSA) is 47.1 Å². The third-order valence-corrected chi connectivity index (χ3v) is 9.48. The number of halogens is 3. The Morgan fingerprint density at radius 1 is 1.12 bits per heavy atom. The zero-order valence-electron chi connectivity index (χ0n) is 25.3. The largest absolute Gasteiger partial charge is 0.368 e. The summed E-state index contributed by atoms with van der Waals surface area (Å²) in [5.41, 5.74) is 1.96. The van der Waals surface area contributed by atoms with Crippen LogP contribution in [0.25, 0.3) is 0 Å². The van der Waals surface area contributed by atoms with Gasteiger partial charge in [0.1, 0.15) is 11.7 Å². The van der Waals surface area contributed by atoms with Crippen LogP contribution in [0.4, 0.5) is 14.5 Å². The predicted octanol–water partition coefficient (Wildman–Crippen LogP) is 6.22. The van der Waals surface area contributed by atoms with E-state index in [2.05, 4.69) is 30.6 Å². The number of piperazine rings is 1. The summed E-state index contributed by atoms with van der Waals surface area (Å²) in [5, 5.41) is 0.659. The summed E-state index contributed by atoms with van der Waals surface area (Å²) in [6, 6.07) is 3.86. The van der Waals surface area contributed by atoms with Crippen LogP contribution in [0, 0.1) is 18.3 Å². The molecule has 4 rings (SSSR count). The highest BCUT2D eigenvalue weighted by Gasteiger charge is 2.52. The first-order valence-electron chi connectivity index (χ1n) is 14.4. The molecule has 0 aromatic heterocycles. The van der Waals surface area contributed by atoms with Crippen LogP contribution in [0.1, 0.15) is 58.2 Å². The minimum absolute atomic E-state index is 0.00529. The standard InChI is InChI=1S/C32H43ClF2N4O2/c1-21-15-26(22(2)36(7)23(3)40)29(17-28(21)33)37-11-13-38(14-12-37)30(41)27-19-39(31(4,5)6)20-32(27)10-8-9-24(34)16-25(35)18-32/h8-9,15-18,22,27H,10-14,19-20H2,1-7H3/b9-8-,24-16+,25-18-/t22?,27-,32?/m0/s1. The Bertz CT molecular complexity index is 1280. The van der Waals surface area contributed by atoms with Crippen molar-refractivity contribution in [2.24, 2.45) is 11.3 Å². The predicted molar refractivity (Wildman–Crippen MR) is 161 cm³/mol. The molecule has 3 atom stereocenters. The van der Waals surface area contributed by atoms with Gasteiger partial charge in [-0.05, 0) is 70.4 Å². The first-order chi connectivity index (χ1) is 19.1. The number of anilines is 1. The number of hydrogen-bond donors (Lipinski definition) is 0. The number of rotatable bonds is 4. The van der Waals surface area contributed by atoms with E-state index >= 15 is 0 Å². The second-order valence-corrected chi connectivity index (χ2v) is 13.2. The van der Waals surface area contributed by atoms with Crippen molar-refractivity contribution in [3.63, 3.8) is 0 Å². The molecule has 2 aliphatic heterocycles. The van der Waals surface area contributed by atoms with Crippen LogP contribution >= 0.6 is 11.6 Å². The number of nitrogens with zero attached hydrogens (tertiary/aromatic N) is 4. The fourth-order valence-corrected chi connectivity index (χ4v) is 6.40. The maximum absolute atomic E-state index is 14.9. The van der Waals surface area contributed by atoms with E-state index < -0.39 is 23.0 Å². The van der Waals surface area contributed by atoms with Crippen LogP contribution in [0.5, 0.6) is 0 Å². The van der Waals surface area contributed by atoms with Gasteiger partial charge in [-0.1, -0.05) is 23.7 Å². The molecule has 41 heavy (non-hydrogen) atoms. The van der Waals surface area contributed by atoms with Crippen LogP contribution in [0.2, 0.25) is 5.02 Å². The van der Waals surface area contributed by atoms with Crippen LogP contribution < -0.4 is 4.90 Å². The van der Waals surface area contributed by atoms with Crippen LogP contribution in [-0.4, -0.2) is 78.4 Å². The normalized spacial score (nSPS) is 27.9. The van der Waals surface area contributed by atoms with Crippen molar-refractivity contribution in [1.29, 1.82) is 0 Å². The molecule has 224 valence electrons. The van der Waals surface area contributed by atoms with Gasteiger partial charge in [0.05, 0.1) is 12.0 Å². The third kappa shape index (κ3) is 6.54. The molecule has 1 aromatic carbocycles. The molecule has 0 N–H and O–H groups in total. The average Bonchev–Trinajstić information content (AvgIpc) is 3.27. The smallest absolute Gasteiger partial charge is 0.228 e. The fourth-order valence-electron chi connectivity index (χ4n) is 6.24. The Labute approximate surface area is 248 Å². The molecule has 0 saturated carbocycles. The quantitative estimate of drug-likeness (QED) is 0.419. The van der Waals surface area contributed by atoms with E-state index in [1.165, 1.54) is 12.2 Å². The highest BCUT2D eigenvalue weighted by molar-refractivity contribution is 6.31. The summed E-state index contributed by atoms with van der Waals surface area (Å²) < 4.78 is 28.8. The van der Waals surface area contributed by atoms with Gasteiger partial charge in [0.25, 0.3) is 0 Å². The van der Waals surface area contributed by atoms with Crippen molar-refractivity contribution >= 4 is 29.1 Å². The fraction of sp³-hybridized carbons (Fsp3) is 0.562. The molecule has 1 aromatic rings. The van der Waals surface area contributed by atoms with Crippen molar-refractivity contribution < 1.29 is 18.4 Å². The van der Waals surface area contributed by atoms with Crippen LogP contribution in [-0.2, 0) is 9.59 Å². The molecule has 0 radical (unpaired) electrons. The van der Waals surface area contributed by atoms with E-state index in [9.17, 15) is 18.4 Å². The Morgan fingerprint density at radius 2 is 1.78 bits per heavy atom. The van der Waals surface area contributed by atoms with Gasteiger partial charge in [-0.2, -0.15) is 0 Å². The van der Waals surface area contributed by atoms with Crippen molar-refractivity contribution in [3.05, 3.63) is 64.2 Å². The molecule has 2 unspecified atom stereocenters. The van der Waals surface area contributed by atoms with Gasteiger partial charge in [0.15, 0.2) is 0 Å². The summed E-state index contributed by atoms with van der Waals surface area (Å²) in [6.45, 7) is 15.1. The highest BCUT2D eigenvalue weighted by atomic mass is 35.5. The summed E-state index contributed by atoms with van der Waals surface area (Å²) in [6.07, 6.45) is 5.78. The number of hydrogen-bond acceptors (Lipinski definition) is 4. The van der Waals surface area contributed by atoms with Gasteiger partial charge < -0.3 is 14.7 Å². The molecule has 2 amide bonds. The molecule has 2 saturated heterocycles. The first-order valence-corrected chi connectivity index (χ1v) is 14.7. The van der Waals surface area contributed by atoms with Crippen molar-refractivity contribution in [3.8, 4) is 0 Å². The van der Waals surface area contributed by atoms with E-state index in [1.54, 1.807) is 24.9 Å². The van der Waals surface area contributed by atoms with E-state index in [-0.39, 0.29) is 23.4 Å². The second kappa shape index (κ2) is 11.9. The molecule has 2 fully saturated rings. The molecule has 1 aliphatic carbocycles. The molecular weight excluding hydrogens is 546 g/mol. The minimum Gasteiger partial charge on any atom is -0.368 e. The average molecular weight is 589 g/mol. The van der Waals surface area contributed by atoms with Gasteiger partial charge in [-0.15, -0.1) is 0 Å². The van der Waals surface area contributed by atoms with E-state index in [0.717, 1.165) is 22.9 Å². The van der Waals surface area contributed by atoms with Gasteiger partial charge in [0.2, 0.25) is 11.8 Å². The van der Waals surface area contributed by atoms with Crippen molar-refractivity contribution in [1.82, 2.24) is 14.7 Å². The number of benzene rings is 1. The number of carbonyl (C=O) groups is 2. The molecule has 6 nitrogen and oxygen atoms in total. The lowest BCUT2D eigenvalue weighted by Crippen LogP contribution is -2.53. The van der Waals surface area contributed by atoms with E-state index in [4.69, 9.17) is 11.6 Å². The van der Waals surface area contributed by atoms with Gasteiger partial charge >= 0.3 is 0 Å². The second-order valence-electron chi connectivity index (χ2n) is 12.8. The maximum Gasteiger partial charge on any atom is 0.228 e. The first kappa shape index (κ1) is 31.2. The monoisotopic (exact) mass is 588 g/mol. The molecule has 3 aliphatic rings. The van der Waals surface area contributed by atoms with Crippen LogP contribution in [0.3, 0.4) is 0 Å². The molecular formula is C32H43ClF2N4O2. The molecule has 2 heterocycles. The van der Waals surface area contributed by atoms with Crippen LogP contribution in [0.15, 0.2) is 48.1 Å². The molecule has 0 bridgehead atoms. The maximum atomic E-state index is 14.9. The zero-order valence-corrected chi connectivity index (χ0v) is 26.1. The Morgan fingerprint density at radius 3 is 2.39 bits per heavy atom. The number of likely N-dealkylation sites (tertiary alicyclic amines) is 1. The van der Waals surface area contributed by atoms with E-state index in [1.807, 2.05) is 30.9 Å². The Kier molecular flexibility index (Phi) is 9.05. The van der Waals surface area contributed by atoms with Gasteiger partial charge in [-0.3, -0.25) is 14.5 Å². The Hall–Kier alpha value is -2.71. The third-order valence-electron chi connectivity index (χ3n) is 9.07. The summed E-state index contributed by atoms with van der Waals surface area (Å²) in [4.78, 5) is 34.3. The molecule has 1 spiro atoms. The lowest BCUT2D eigenvalue weighted by Gasteiger charge is -2.41. The SMILES string of the molecule is CC(=O)N(C)C(C)c1cc(C)c(Cl)cc1N1CCN(C(=O)[C@@H]2CN(C(C)(C)C)CC23/C=C(F)/C=C(F)\C=C/C3)CC1. The minimum atomic E-state index is -0.760. The summed E-state index contributed by atoms with van der Waals surface area (Å²) >= 11 is 6.55. The number of amides is 2.